The van der Waals surface area contributed by atoms with E-state index >= 15 is 0 Å². The van der Waals surface area contributed by atoms with Crippen molar-refractivity contribution in [2.45, 2.75) is 13.8 Å². The number of allylic oxidation sites excluding steroid dienone is 2. The summed E-state index contributed by atoms with van der Waals surface area (Å²) in [6.45, 7) is 4.54. The van der Waals surface area contributed by atoms with Gasteiger partial charge in [-0.25, -0.2) is 0 Å². The van der Waals surface area contributed by atoms with Gasteiger partial charge in [-0.1, -0.05) is 33.6 Å². The molecule has 0 spiro atoms. The molecule has 4 heteroatoms. The maximum absolute atomic E-state index is 12.4. The van der Waals surface area contributed by atoms with Crippen LogP contribution >= 0.6 is 15.9 Å². The first-order valence-electron chi connectivity index (χ1n) is 7.63. The Morgan fingerprint density at radius 2 is 2.04 bits per heavy atom. The molecule has 122 valence electrons. The standard InChI is InChI=1S/C20H17BrO3/c1-13(2)8-9-23-16-6-7-17-18(12-16)24-19(20(17)22)11-14-4-3-5-15(21)10-14/h3-8,10-12H,9H2,1-2H3/b19-11+. The number of hydrogen-bond donors (Lipinski definition) is 0. The fourth-order valence-electron chi connectivity index (χ4n) is 2.31. The van der Waals surface area contributed by atoms with Gasteiger partial charge in [-0.05, 0) is 55.8 Å². The highest BCUT2D eigenvalue weighted by molar-refractivity contribution is 9.10. The Morgan fingerprint density at radius 3 is 2.79 bits per heavy atom. The van der Waals surface area contributed by atoms with Crippen LogP contribution in [0.2, 0.25) is 0 Å². The molecule has 0 atom stereocenters. The van der Waals surface area contributed by atoms with E-state index in [1.165, 1.54) is 5.57 Å². The van der Waals surface area contributed by atoms with Crippen LogP contribution in [0.3, 0.4) is 0 Å². The zero-order chi connectivity index (χ0) is 17.1. The Labute approximate surface area is 149 Å². The van der Waals surface area contributed by atoms with E-state index in [1.807, 2.05) is 44.2 Å². The number of rotatable bonds is 4. The third-order valence-electron chi connectivity index (χ3n) is 3.53. The van der Waals surface area contributed by atoms with E-state index in [-0.39, 0.29) is 5.78 Å². The van der Waals surface area contributed by atoms with Crippen LogP contribution in [-0.4, -0.2) is 12.4 Å². The van der Waals surface area contributed by atoms with Crippen molar-refractivity contribution in [3.05, 3.63) is 75.5 Å². The number of ketones is 1. The van der Waals surface area contributed by atoms with Crippen LogP contribution in [0.1, 0.15) is 29.8 Å². The maximum atomic E-state index is 12.4. The minimum absolute atomic E-state index is 0.110. The lowest BCUT2D eigenvalue weighted by Gasteiger charge is -2.05. The van der Waals surface area contributed by atoms with Crippen LogP contribution in [-0.2, 0) is 0 Å². The van der Waals surface area contributed by atoms with Gasteiger partial charge in [0, 0.05) is 10.5 Å². The third-order valence-corrected chi connectivity index (χ3v) is 4.02. The number of benzene rings is 2. The first kappa shape index (κ1) is 16.5. The van der Waals surface area contributed by atoms with Gasteiger partial charge < -0.3 is 9.47 Å². The molecule has 0 radical (unpaired) electrons. The lowest BCUT2D eigenvalue weighted by molar-refractivity contribution is 0.101. The van der Waals surface area contributed by atoms with Crippen LogP contribution in [0.15, 0.2) is 64.3 Å². The fraction of sp³-hybridized carbons (Fsp3) is 0.150. The Bertz CT molecular complexity index is 846. The number of carbonyl (C=O) groups excluding carboxylic acids is 1. The summed E-state index contributed by atoms with van der Waals surface area (Å²) in [4.78, 5) is 12.4. The van der Waals surface area contributed by atoms with Crippen LogP contribution < -0.4 is 9.47 Å². The van der Waals surface area contributed by atoms with Crippen molar-refractivity contribution < 1.29 is 14.3 Å². The second-order valence-corrected chi connectivity index (χ2v) is 6.66. The smallest absolute Gasteiger partial charge is 0.231 e. The minimum atomic E-state index is -0.110. The number of halogens is 1. The molecule has 2 aromatic rings. The van der Waals surface area contributed by atoms with E-state index in [2.05, 4.69) is 15.9 Å². The summed E-state index contributed by atoms with van der Waals surface area (Å²) in [5.74, 6) is 1.43. The molecule has 0 amide bonds. The molecule has 0 N–H and O–H groups in total. The fourth-order valence-corrected chi connectivity index (χ4v) is 2.73. The van der Waals surface area contributed by atoms with Crippen molar-refractivity contribution in [2.24, 2.45) is 0 Å². The van der Waals surface area contributed by atoms with E-state index in [9.17, 15) is 4.79 Å². The van der Waals surface area contributed by atoms with Crippen molar-refractivity contribution >= 4 is 27.8 Å². The molecule has 0 aliphatic carbocycles. The van der Waals surface area contributed by atoms with Gasteiger partial charge in [-0.3, -0.25) is 4.79 Å². The Kier molecular flexibility index (Phi) is 4.86. The maximum Gasteiger partial charge on any atom is 0.231 e. The molecule has 1 aliphatic rings. The van der Waals surface area contributed by atoms with E-state index in [4.69, 9.17) is 9.47 Å². The van der Waals surface area contributed by atoms with E-state index < -0.39 is 0 Å². The summed E-state index contributed by atoms with van der Waals surface area (Å²) in [6.07, 6.45) is 3.74. The van der Waals surface area contributed by atoms with Crippen molar-refractivity contribution in [1.29, 1.82) is 0 Å². The molecule has 0 unspecified atom stereocenters. The van der Waals surface area contributed by atoms with Crippen LogP contribution in [0.5, 0.6) is 11.5 Å². The van der Waals surface area contributed by atoms with Gasteiger partial charge in [0.05, 0.1) is 5.56 Å². The molecule has 24 heavy (non-hydrogen) atoms. The van der Waals surface area contributed by atoms with Crippen LogP contribution in [0.4, 0.5) is 0 Å². The largest absolute Gasteiger partial charge is 0.489 e. The Morgan fingerprint density at radius 1 is 1.21 bits per heavy atom. The topological polar surface area (TPSA) is 35.5 Å². The molecule has 0 saturated heterocycles. The van der Waals surface area contributed by atoms with Gasteiger partial charge in [0.1, 0.15) is 18.1 Å². The molecule has 3 rings (SSSR count). The van der Waals surface area contributed by atoms with E-state index in [1.54, 1.807) is 24.3 Å². The molecule has 3 nitrogen and oxygen atoms in total. The second kappa shape index (κ2) is 7.05. The average molecular weight is 385 g/mol. The molecule has 2 aromatic carbocycles. The van der Waals surface area contributed by atoms with Crippen molar-refractivity contribution in [1.82, 2.24) is 0 Å². The van der Waals surface area contributed by atoms with Gasteiger partial charge in [-0.15, -0.1) is 0 Å². The molecular weight excluding hydrogens is 368 g/mol. The second-order valence-electron chi connectivity index (χ2n) is 5.75. The number of ether oxygens (including phenoxy) is 2. The molecule has 0 saturated carbocycles. The van der Waals surface area contributed by atoms with E-state index in [0.717, 1.165) is 10.0 Å². The molecule has 0 fully saturated rings. The lowest BCUT2D eigenvalue weighted by atomic mass is 10.1. The van der Waals surface area contributed by atoms with Crippen LogP contribution in [0.25, 0.3) is 6.08 Å². The van der Waals surface area contributed by atoms with E-state index in [0.29, 0.717) is 29.4 Å². The van der Waals surface area contributed by atoms with Crippen molar-refractivity contribution in [3.8, 4) is 11.5 Å². The number of hydrogen-bond acceptors (Lipinski definition) is 3. The van der Waals surface area contributed by atoms with Crippen LogP contribution in [0, 0.1) is 0 Å². The van der Waals surface area contributed by atoms with Gasteiger partial charge >= 0.3 is 0 Å². The normalized spacial score (nSPS) is 14.3. The minimum Gasteiger partial charge on any atom is -0.489 e. The molecule has 0 aromatic heterocycles. The van der Waals surface area contributed by atoms with Gasteiger partial charge in [0.25, 0.3) is 0 Å². The van der Waals surface area contributed by atoms with Crippen molar-refractivity contribution in [2.75, 3.05) is 6.61 Å². The quantitative estimate of drug-likeness (QED) is 0.522. The van der Waals surface area contributed by atoms with Gasteiger partial charge in [0.2, 0.25) is 5.78 Å². The molecule has 1 heterocycles. The highest BCUT2D eigenvalue weighted by Crippen LogP contribution is 2.35. The highest BCUT2D eigenvalue weighted by Gasteiger charge is 2.27. The number of fused-ring (bicyclic) bond motifs is 1. The summed E-state index contributed by atoms with van der Waals surface area (Å²) in [6, 6.07) is 13.0. The van der Waals surface area contributed by atoms with Gasteiger partial charge in [0.15, 0.2) is 5.76 Å². The van der Waals surface area contributed by atoms with Crippen molar-refractivity contribution in [3.63, 3.8) is 0 Å². The summed E-state index contributed by atoms with van der Waals surface area (Å²) < 4.78 is 12.3. The highest BCUT2D eigenvalue weighted by atomic mass is 79.9. The number of carbonyl (C=O) groups is 1. The van der Waals surface area contributed by atoms with Gasteiger partial charge in [-0.2, -0.15) is 0 Å². The first-order valence-corrected chi connectivity index (χ1v) is 8.42. The number of Topliss-reactive ketones (excluding diaryl/α,β-unsaturated/α-hetero) is 1. The summed E-state index contributed by atoms with van der Waals surface area (Å²) >= 11 is 3.42. The Hall–Kier alpha value is -2.33. The third kappa shape index (κ3) is 3.77. The summed E-state index contributed by atoms with van der Waals surface area (Å²) in [7, 11) is 0. The lowest BCUT2D eigenvalue weighted by Crippen LogP contribution is -1.98. The molecular formula is C20H17BrO3. The zero-order valence-corrected chi connectivity index (χ0v) is 15.1. The monoisotopic (exact) mass is 384 g/mol. The SMILES string of the molecule is CC(C)=CCOc1ccc2c(c1)O/C(=C/c1cccc(Br)c1)C2=O. The first-order chi connectivity index (χ1) is 11.5. The Balaban J connectivity index is 1.81. The average Bonchev–Trinajstić information content (AvgIpc) is 2.83. The molecule has 0 bridgehead atoms. The predicted molar refractivity (Wildman–Crippen MR) is 98.4 cm³/mol. The summed E-state index contributed by atoms with van der Waals surface area (Å²) in [5, 5.41) is 0. The molecule has 1 aliphatic heterocycles. The summed E-state index contributed by atoms with van der Waals surface area (Å²) in [5.41, 5.74) is 2.66. The zero-order valence-electron chi connectivity index (χ0n) is 13.5. The predicted octanol–water partition coefficient (Wildman–Crippen LogP) is 5.41.